The third-order valence-corrected chi connectivity index (χ3v) is 4.31. The Morgan fingerprint density at radius 1 is 1.43 bits per heavy atom. The lowest BCUT2D eigenvalue weighted by Crippen LogP contribution is -2.12. The van der Waals surface area contributed by atoms with Crippen LogP contribution in [0.3, 0.4) is 0 Å². The molecular weight excluding hydrogens is 296 g/mol. The van der Waals surface area contributed by atoms with E-state index in [4.69, 9.17) is 5.11 Å². The Labute approximate surface area is 121 Å². The first-order valence-electron chi connectivity index (χ1n) is 6.38. The van der Waals surface area contributed by atoms with Crippen LogP contribution in [0.2, 0.25) is 0 Å². The lowest BCUT2D eigenvalue weighted by atomic mass is 10.3. The number of anilines is 1. The zero-order valence-corrected chi connectivity index (χ0v) is 12.4. The number of hydrogen-bond donors (Lipinski definition) is 3. The van der Waals surface area contributed by atoms with Crippen molar-refractivity contribution in [1.29, 1.82) is 0 Å². The Balaban J connectivity index is 2.33. The van der Waals surface area contributed by atoms with Crippen LogP contribution < -0.4 is 4.72 Å². The summed E-state index contributed by atoms with van der Waals surface area (Å²) < 4.78 is 28.1. The van der Waals surface area contributed by atoms with Gasteiger partial charge in [-0.15, -0.1) is 0 Å². The molecule has 0 amide bonds. The number of nitrogens with one attached hydrogen (secondary N) is 2. The Morgan fingerprint density at radius 3 is 2.62 bits per heavy atom. The number of H-pyrrole nitrogens is 1. The van der Waals surface area contributed by atoms with Crippen molar-refractivity contribution in [2.45, 2.75) is 31.7 Å². The van der Waals surface area contributed by atoms with Crippen LogP contribution in [0.15, 0.2) is 23.2 Å². The summed E-state index contributed by atoms with van der Waals surface area (Å²) in [5, 5.41) is 15.6. The Hall–Kier alpha value is -2.29. The number of carbonyl (C=O) groups is 1. The standard InChI is InChI=1S/C12H16N4O4S/c1-3-8-5-11(14-13-8)15-21(19,20)9-6-10(12(17)18)16(4-2)7-9/h5-7H,3-4H2,1-2H3,(H,17,18)(H2,13,14,15). The number of nitrogens with zero attached hydrogens (tertiary/aromatic N) is 2. The number of aromatic carboxylic acids is 1. The lowest BCUT2D eigenvalue weighted by Gasteiger charge is -2.02. The minimum absolute atomic E-state index is 0.0749. The van der Waals surface area contributed by atoms with Gasteiger partial charge in [-0.05, 0) is 19.4 Å². The fraction of sp³-hybridized carbons (Fsp3) is 0.333. The number of carboxylic acid groups (broad SMARTS) is 1. The first kappa shape index (κ1) is 15.1. The van der Waals surface area contributed by atoms with Crippen molar-refractivity contribution >= 4 is 21.8 Å². The summed E-state index contributed by atoms with van der Waals surface area (Å²) in [7, 11) is -3.87. The summed E-state index contributed by atoms with van der Waals surface area (Å²) in [5.41, 5.74) is 0.721. The van der Waals surface area contributed by atoms with Crippen LogP contribution in [0.25, 0.3) is 0 Å². The second-order valence-electron chi connectivity index (χ2n) is 4.39. The molecule has 21 heavy (non-hydrogen) atoms. The van der Waals surface area contributed by atoms with Gasteiger partial charge in [-0.2, -0.15) is 5.10 Å². The van der Waals surface area contributed by atoms with Gasteiger partial charge in [0.1, 0.15) is 10.6 Å². The van der Waals surface area contributed by atoms with Gasteiger partial charge in [-0.1, -0.05) is 6.92 Å². The summed E-state index contributed by atoms with van der Waals surface area (Å²) in [6.45, 7) is 4.00. The van der Waals surface area contributed by atoms with E-state index in [0.29, 0.717) is 13.0 Å². The van der Waals surface area contributed by atoms with Crippen LogP contribution in [0, 0.1) is 0 Å². The van der Waals surface area contributed by atoms with E-state index in [2.05, 4.69) is 14.9 Å². The fourth-order valence-corrected chi connectivity index (χ4v) is 2.89. The normalized spacial score (nSPS) is 11.5. The molecule has 0 bridgehead atoms. The maximum atomic E-state index is 12.2. The summed E-state index contributed by atoms with van der Waals surface area (Å²) in [6, 6.07) is 2.72. The highest BCUT2D eigenvalue weighted by Gasteiger charge is 2.21. The number of aryl methyl sites for hydroxylation is 2. The molecule has 0 radical (unpaired) electrons. The molecule has 114 valence electrons. The average Bonchev–Trinajstić information content (AvgIpc) is 3.04. The van der Waals surface area contributed by atoms with Crippen LogP contribution in [-0.4, -0.2) is 34.3 Å². The van der Waals surface area contributed by atoms with Crippen LogP contribution in [0.5, 0.6) is 0 Å². The van der Waals surface area contributed by atoms with Gasteiger partial charge in [-0.25, -0.2) is 13.2 Å². The van der Waals surface area contributed by atoms with E-state index < -0.39 is 16.0 Å². The van der Waals surface area contributed by atoms with Crippen molar-refractivity contribution in [3.05, 3.63) is 29.7 Å². The second-order valence-corrected chi connectivity index (χ2v) is 6.07. The topological polar surface area (TPSA) is 117 Å². The minimum Gasteiger partial charge on any atom is -0.477 e. The summed E-state index contributed by atoms with van der Waals surface area (Å²) in [6.07, 6.45) is 1.99. The van der Waals surface area contributed by atoms with Gasteiger partial charge >= 0.3 is 5.97 Å². The molecule has 2 aromatic heterocycles. The van der Waals surface area contributed by atoms with Crippen molar-refractivity contribution in [2.24, 2.45) is 0 Å². The molecule has 2 aromatic rings. The quantitative estimate of drug-likeness (QED) is 0.743. The number of carboxylic acids is 1. The molecular formula is C12H16N4O4S. The molecule has 0 saturated carbocycles. The van der Waals surface area contributed by atoms with Gasteiger partial charge in [0.15, 0.2) is 5.82 Å². The summed E-state index contributed by atoms with van der Waals surface area (Å²) >= 11 is 0. The maximum absolute atomic E-state index is 12.2. The molecule has 8 nitrogen and oxygen atoms in total. The predicted octanol–water partition coefficient (Wildman–Crippen LogP) is 1.29. The largest absolute Gasteiger partial charge is 0.477 e. The molecule has 0 aliphatic carbocycles. The van der Waals surface area contributed by atoms with Crippen molar-refractivity contribution in [1.82, 2.24) is 14.8 Å². The second kappa shape index (κ2) is 5.60. The van der Waals surface area contributed by atoms with Crippen LogP contribution >= 0.6 is 0 Å². The molecule has 0 unspecified atom stereocenters. The van der Waals surface area contributed by atoms with Gasteiger partial charge < -0.3 is 9.67 Å². The first-order valence-corrected chi connectivity index (χ1v) is 7.86. The van der Waals surface area contributed by atoms with Crippen LogP contribution in [0.1, 0.15) is 30.0 Å². The van der Waals surface area contributed by atoms with Crippen molar-refractivity contribution in [2.75, 3.05) is 4.72 Å². The van der Waals surface area contributed by atoms with E-state index in [-0.39, 0.29) is 16.4 Å². The molecule has 2 rings (SSSR count). The van der Waals surface area contributed by atoms with Gasteiger partial charge in [0, 0.05) is 24.5 Å². The van der Waals surface area contributed by atoms with Crippen LogP contribution in [0.4, 0.5) is 5.82 Å². The third kappa shape index (κ3) is 3.07. The van der Waals surface area contributed by atoms with E-state index in [1.54, 1.807) is 13.0 Å². The van der Waals surface area contributed by atoms with Crippen molar-refractivity contribution in [3.8, 4) is 0 Å². The SMILES string of the molecule is CCc1cc(NS(=O)(=O)c2cc(C(=O)O)n(CC)c2)n[nH]1. The molecule has 0 aromatic carbocycles. The zero-order chi connectivity index (χ0) is 15.6. The Kier molecular flexibility index (Phi) is 4.03. The van der Waals surface area contributed by atoms with Gasteiger partial charge in [0.25, 0.3) is 10.0 Å². The minimum atomic E-state index is -3.87. The Morgan fingerprint density at radius 2 is 2.14 bits per heavy atom. The van der Waals surface area contributed by atoms with Gasteiger partial charge in [0.05, 0.1) is 0 Å². The molecule has 0 atom stereocenters. The number of rotatable bonds is 6. The van der Waals surface area contributed by atoms with Crippen molar-refractivity contribution < 1.29 is 18.3 Å². The fourth-order valence-electron chi connectivity index (χ4n) is 1.86. The van der Waals surface area contributed by atoms with Crippen LogP contribution in [-0.2, 0) is 23.0 Å². The molecule has 2 heterocycles. The highest BCUT2D eigenvalue weighted by atomic mass is 32.2. The van der Waals surface area contributed by atoms with E-state index >= 15 is 0 Å². The van der Waals surface area contributed by atoms with E-state index in [9.17, 15) is 13.2 Å². The maximum Gasteiger partial charge on any atom is 0.352 e. The summed E-state index contributed by atoms with van der Waals surface area (Å²) in [5.74, 6) is -1.00. The monoisotopic (exact) mass is 312 g/mol. The number of hydrogen-bond acceptors (Lipinski definition) is 4. The van der Waals surface area contributed by atoms with E-state index in [1.165, 1.54) is 10.8 Å². The predicted molar refractivity (Wildman–Crippen MR) is 75.8 cm³/mol. The first-order chi connectivity index (χ1) is 9.87. The third-order valence-electron chi connectivity index (χ3n) is 2.99. The number of aromatic nitrogens is 3. The van der Waals surface area contributed by atoms with Gasteiger partial charge in [-0.3, -0.25) is 9.82 Å². The molecule has 0 spiro atoms. The van der Waals surface area contributed by atoms with E-state index in [0.717, 1.165) is 11.8 Å². The molecule has 9 heteroatoms. The molecule has 0 aliphatic heterocycles. The molecule has 3 N–H and O–H groups in total. The highest BCUT2D eigenvalue weighted by Crippen LogP contribution is 2.18. The smallest absolute Gasteiger partial charge is 0.352 e. The lowest BCUT2D eigenvalue weighted by molar-refractivity contribution is 0.0685. The number of sulfonamides is 1. The van der Waals surface area contributed by atoms with E-state index in [1.807, 2.05) is 6.92 Å². The summed E-state index contributed by atoms with van der Waals surface area (Å²) in [4.78, 5) is 11.0. The molecule has 0 aliphatic rings. The molecule has 0 fully saturated rings. The average molecular weight is 312 g/mol. The zero-order valence-electron chi connectivity index (χ0n) is 11.6. The van der Waals surface area contributed by atoms with Crippen molar-refractivity contribution in [3.63, 3.8) is 0 Å². The number of aromatic amines is 1. The highest BCUT2D eigenvalue weighted by molar-refractivity contribution is 7.92. The van der Waals surface area contributed by atoms with Gasteiger partial charge in [0.2, 0.25) is 0 Å². The molecule has 0 saturated heterocycles. The Bertz CT molecular complexity index is 760.